The van der Waals surface area contributed by atoms with Crippen LogP contribution in [0.1, 0.15) is 38.5 Å². The molecular formula is C11H19F2NO. The Morgan fingerprint density at radius 2 is 1.73 bits per heavy atom. The Balaban J connectivity index is 1.59. The van der Waals surface area contributed by atoms with Crippen molar-refractivity contribution < 1.29 is 13.5 Å². The average Bonchev–Trinajstić information content (AvgIpc) is 2.14. The van der Waals surface area contributed by atoms with Gasteiger partial charge >= 0.3 is 0 Å². The molecule has 0 saturated heterocycles. The molecule has 0 unspecified atom stereocenters. The zero-order chi connectivity index (χ0) is 10.9. The lowest BCUT2D eigenvalue weighted by Crippen LogP contribution is -2.39. The Bertz CT molecular complexity index is 207. The first-order valence-electron chi connectivity index (χ1n) is 5.80. The topological polar surface area (TPSA) is 35.2 Å². The molecule has 2 fully saturated rings. The summed E-state index contributed by atoms with van der Waals surface area (Å²) in [5.41, 5.74) is 5.77. The highest BCUT2D eigenvalue weighted by Gasteiger charge is 2.45. The molecule has 0 bridgehead atoms. The monoisotopic (exact) mass is 219 g/mol. The summed E-state index contributed by atoms with van der Waals surface area (Å²) in [4.78, 5) is 0. The van der Waals surface area contributed by atoms with Crippen molar-refractivity contribution in [1.29, 1.82) is 0 Å². The van der Waals surface area contributed by atoms with Gasteiger partial charge in [0.2, 0.25) is 5.92 Å². The van der Waals surface area contributed by atoms with E-state index in [1.807, 2.05) is 0 Å². The second kappa shape index (κ2) is 4.34. The summed E-state index contributed by atoms with van der Waals surface area (Å²) in [6.07, 6.45) is 4.28. The quantitative estimate of drug-likeness (QED) is 0.790. The Labute approximate surface area is 89.2 Å². The van der Waals surface area contributed by atoms with Crippen LogP contribution in [-0.2, 0) is 4.74 Å². The van der Waals surface area contributed by atoms with Crippen LogP contribution < -0.4 is 5.73 Å². The largest absolute Gasteiger partial charge is 0.378 e. The number of alkyl halides is 2. The van der Waals surface area contributed by atoms with Gasteiger partial charge in [-0.15, -0.1) is 0 Å². The zero-order valence-electron chi connectivity index (χ0n) is 8.92. The smallest absolute Gasteiger partial charge is 0.248 e. The van der Waals surface area contributed by atoms with Crippen LogP contribution in [0.2, 0.25) is 0 Å². The van der Waals surface area contributed by atoms with Gasteiger partial charge in [0.25, 0.3) is 0 Å². The molecule has 15 heavy (non-hydrogen) atoms. The van der Waals surface area contributed by atoms with Gasteiger partial charge < -0.3 is 10.5 Å². The molecule has 0 spiro atoms. The predicted octanol–water partition coefficient (Wildman–Crippen LogP) is 2.32. The maximum Gasteiger partial charge on any atom is 0.248 e. The minimum absolute atomic E-state index is 0.0131. The second-order valence-electron chi connectivity index (χ2n) is 5.00. The summed E-state index contributed by atoms with van der Waals surface area (Å²) < 4.78 is 30.7. The normalized spacial score (nSPS) is 36.2. The Morgan fingerprint density at radius 3 is 2.27 bits per heavy atom. The molecule has 2 aliphatic rings. The van der Waals surface area contributed by atoms with Crippen molar-refractivity contribution in [3.8, 4) is 0 Å². The number of hydrogen-bond acceptors (Lipinski definition) is 2. The molecule has 0 heterocycles. The summed E-state index contributed by atoms with van der Waals surface area (Å²) in [5, 5.41) is 0. The number of hydrogen-bond donors (Lipinski definition) is 1. The van der Waals surface area contributed by atoms with Crippen molar-refractivity contribution >= 4 is 0 Å². The van der Waals surface area contributed by atoms with E-state index in [1.165, 1.54) is 0 Å². The van der Waals surface area contributed by atoms with Crippen LogP contribution in [0.4, 0.5) is 8.78 Å². The fraction of sp³-hybridized carbons (Fsp3) is 1.00. The average molecular weight is 219 g/mol. The van der Waals surface area contributed by atoms with E-state index in [2.05, 4.69) is 0 Å². The van der Waals surface area contributed by atoms with Gasteiger partial charge in [0.15, 0.2) is 0 Å². The molecule has 0 aliphatic heterocycles. The number of rotatable bonds is 3. The first-order valence-corrected chi connectivity index (χ1v) is 5.80. The molecule has 2 nitrogen and oxygen atoms in total. The van der Waals surface area contributed by atoms with Gasteiger partial charge in [-0.2, -0.15) is 0 Å². The van der Waals surface area contributed by atoms with Gasteiger partial charge in [0.1, 0.15) is 0 Å². The predicted molar refractivity (Wildman–Crippen MR) is 53.9 cm³/mol. The third-order valence-electron chi connectivity index (χ3n) is 3.46. The standard InChI is InChI=1S/C11H19F2NO/c12-11(13)5-8(6-11)7-15-10-3-1-9(14)2-4-10/h8-10H,1-7,14H2. The lowest BCUT2D eigenvalue weighted by Gasteiger charge is -2.36. The van der Waals surface area contributed by atoms with Crippen LogP contribution in [-0.4, -0.2) is 24.7 Å². The highest BCUT2D eigenvalue weighted by molar-refractivity contribution is 4.86. The van der Waals surface area contributed by atoms with E-state index in [1.54, 1.807) is 0 Å². The van der Waals surface area contributed by atoms with Crippen molar-refractivity contribution in [1.82, 2.24) is 0 Å². The van der Waals surface area contributed by atoms with Gasteiger partial charge in [-0.05, 0) is 31.6 Å². The highest BCUT2D eigenvalue weighted by atomic mass is 19.3. The molecule has 0 atom stereocenters. The van der Waals surface area contributed by atoms with E-state index < -0.39 is 5.92 Å². The molecule has 2 saturated carbocycles. The first-order chi connectivity index (χ1) is 7.05. The number of nitrogens with two attached hydrogens (primary N) is 1. The van der Waals surface area contributed by atoms with Crippen LogP contribution >= 0.6 is 0 Å². The maximum absolute atomic E-state index is 12.5. The summed E-state index contributed by atoms with van der Waals surface area (Å²) in [6, 6.07) is 0.317. The van der Waals surface area contributed by atoms with Gasteiger partial charge in [-0.1, -0.05) is 0 Å². The molecular weight excluding hydrogens is 200 g/mol. The molecule has 0 aromatic carbocycles. The van der Waals surface area contributed by atoms with Crippen LogP contribution in [0.3, 0.4) is 0 Å². The van der Waals surface area contributed by atoms with Crippen LogP contribution in [0.15, 0.2) is 0 Å². The summed E-state index contributed by atoms with van der Waals surface area (Å²) in [7, 11) is 0. The Morgan fingerprint density at radius 1 is 1.13 bits per heavy atom. The lowest BCUT2D eigenvalue weighted by atomic mass is 9.82. The van der Waals surface area contributed by atoms with Gasteiger partial charge in [-0.25, -0.2) is 8.78 Å². The summed E-state index contributed by atoms with van der Waals surface area (Å²) in [6.45, 7) is 0.509. The van der Waals surface area contributed by atoms with Gasteiger partial charge in [-0.3, -0.25) is 0 Å². The number of halogens is 2. The highest BCUT2D eigenvalue weighted by Crippen LogP contribution is 2.42. The van der Waals surface area contributed by atoms with Crippen LogP contribution in [0.25, 0.3) is 0 Å². The van der Waals surface area contributed by atoms with E-state index in [0.29, 0.717) is 12.6 Å². The van der Waals surface area contributed by atoms with E-state index in [9.17, 15) is 8.78 Å². The van der Waals surface area contributed by atoms with Gasteiger partial charge in [0, 0.05) is 18.9 Å². The van der Waals surface area contributed by atoms with E-state index in [4.69, 9.17) is 10.5 Å². The van der Waals surface area contributed by atoms with E-state index in [-0.39, 0.29) is 24.9 Å². The molecule has 0 aromatic rings. The van der Waals surface area contributed by atoms with Crippen molar-refractivity contribution in [3.05, 3.63) is 0 Å². The van der Waals surface area contributed by atoms with E-state index in [0.717, 1.165) is 25.7 Å². The first kappa shape index (κ1) is 11.3. The Hall–Kier alpha value is -0.220. The molecule has 2 rings (SSSR count). The minimum atomic E-state index is -2.41. The fourth-order valence-electron chi connectivity index (χ4n) is 2.43. The fourth-order valence-corrected chi connectivity index (χ4v) is 2.43. The SMILES string of the molecule is NC1CCC(OCC2CC(F)(F)C2)CC1. The maximum atomic E-state index is 12.5. The molecule has 0 radical (unpaired) electrons. The minimum Gasteiger partial charge on any atom is -0.378 e. The molecule has 88 valence electrons. The molecule has 2 aliphatic carbocycles. The van der Waals surface area contributed by atoms with Crippen LogP contribution in [0, 0.1) is 5.92 Å². The molecule has 2 N–H and O–H groups in total. The van der Waals surface area contributed by atoms with E-state index >= 15 is 0 Å². The van der Waals surface area contributed by atoms with Crippen molar-refractivity contribution in [2.75, 3.05) is 6.61 Å². The third kappa shape index (κ3) is 3.11. The van der Waals surface area contributed by atoms with Crippen molar-refractivity contribution in [2.24, 2.45) is 11.7 Å². The third-order valence-corrected chi connectivity index (χ3v) is 3.46. The number of ether oxygens (including phenoxy) is 1. The molecule has 0 amide bonds. The molecule has 0 aromatic heterocycles. The lowest BCUT2D eigenvalue weighted by molar-refractivity contribution is -0.137. The summed E-state index contributed by atoms with van der Waals surface area (Å²) >= 11 is 0. The van der Waals surface area contributed by atoms with Crippen LogP contribution in [0.5, 0.6) is 0 Å². The second-order valence-corrected chi connectivity index (χ2v) is 5.00. The van der Waals surface area contributed by atoms with Crippen molar-refractivity contribution in [2.45, 2.75) is 56.6 Å². The molecule has 4 heteroatoms. The summed E-state index contributed by atoms with van der Waals surface area (Å²) in [5.74, 6) is -2.33. The van der Waals surface area contributed by atoms with Crippen molar-refractivity contribution in [3.63, 3.8) is 0 Å². The zero-order valence-corrected chi connectivity index (χ0v) is 8.92. The van der Waals surface area contributed by atoms with Gasteiger partial charge in [0.05, 0.1) is 12.7 Å². The Kier molecular flexibility index (Phi) is 3.26.